The number of rotatable bonds is 5. The highest BCUT2D eigenvalue weighted by molar-refractivity contribution is 6.33. The van der Waals surface area contributed by atoms with Crippen molar-refractivity contribution in [2.75, 3.05) is 36.4 Å². The average molecular weight is 407 g/mol. The molecule has 1 fully saturated rings. The number of anilines is 2. The smallest absolute Gasteiger partial charge is 0.269 e. The van der Waals surface area contributed by atoms with E-state index in [1.807, 2.05) is 6.92 Å². The van der Waals surface area contributed by atoms with Crippen molar-refractivity contribution in [2.45, 2.75) is 13.0 Å². The first-order valence-electron chi connectivity index (χ1n) is 8.84. The first kappa shape index (κ1) is 20.0. The monoisotopic (exact) mass is 406 g/mol. The number of carbonyl (C=O) groups excluding carboxylic acids is 1. The number of hydrogen-bond acceptors (Lipinski definition) is 5. The summed E-state index contributed by atoms with van der Waals surface area (Å²) in [6.45, 7) is 4.55. The summed E-state index contributed by atoms with van der Waals surface area (Å²) in [5, 5.41) is 13.7. The molecule has 1 N–H and O–H groups in total. The Morgan fingerprint density at radius 2 is 1.82 bits per heavy atom. The maximum Gasteiger partial charge on any atom is 0.269 e. The fourth-order valence-electron chi connectivity index (χ4n) is 3.15. The molecule has 1 aliphatic heterocycles. The molecule has 7 nitrogen and oxygen atoms in total. The zero-order valence-corrected chi connectivity index (χ0v) is 16.0. The number of nitrogens with one attached hydrogen (secondary N) is 1. The molecule has 9 heteroatoms. The molecule has 1 amide bonds. The fourth-order valence-corrected chi connectivity index (χ4v) is 3.36. The first-order chi connectivity index (χ1) is 13.3. The van der Waals surface area contributed by atoms with Gasteiger partial charge in [-0.15, -0.1) is 0 Å². The normalized spacial score (nSPS) is 15.9. The number of hydrogen-bond donors (Lipinski definition) is 1. The summed E-state index contributed by atoms with van der Waals surface area (Å²) >= 11 is 5.96. The average Bonchev–Trinajstić information content (AvgIpc) is 2.69. The fraction of sp³-hybridized carbons (Fsp3) is 0.316. The predicted octanol–water partition coefficient (Wildman–Crippen LogP) is 3.54. The third kappa shape index (κ3) is 4.58. The van der Waals surface area contributed by atoms with Crippen LogP contribution in [-0.4, -0.2) is 48.0 Å². The molecule has 0 radical (unpaired) electrons. The number of nitro benzene ring substituents is 1. The molecular weight excluding hydrogens is 387 g/mol. The molecule has 0 spiro atoms. The van der Waals surface area contributed by atoms with E-state index in [0.29, 0.717) is 31.9 Å². The van der Waals surface area contributed by atoms with Crippen LogP contribution in [-0.2, 0) is 4.79 Å². The van der Waals surface area contributed by atoms with Crippen molar-refractivity contribution >= 4 is 34.6 Å². The van der Waals surface area contributed by atoms with Crippen LogP contribution < -0.4 is 10.2 Å². The van der Waals surface area contributed by atoms with Crippen LogP contribution in [0.1, 0.15) is 6.92 Å². The number of nitro groups is 1. The minimum absolute atomic E-state index is 0.0622. The summed E-state index contributed by atoms with van der Waals surface area (Å²) < 4.78 is 13.1. The van der Waals surface area contributed by atoms with Crippen LogP contribution in [0.15, 0.2) is 42.5 Å². The summed E-state index contributed by atoms with van der Waals surface area (Å²) in [5.41, 5.74) is 1.36. The molecule has 0 aromatic heterocycles. The molecule has 3 rings (SSSR count). The van der Waals surface area contributed by atoms with Crippen molar-refractivity contribution in [3.05, 3.63) is 63.4 Å². The van der Waals surface area contributed by atoms with Gasteiger partial charge in [0.05, 0.1) is 21.7 Å². The molecule has 1 saturated heterocycles. The van der Waals surface area contributed by atoms with Gasteiger partial charge in [-0.3, -0.25) is 19.8 Å². The maximum absolute atomic E-state index is 13.1. The lowest BCUT2D eigenvalue weighted by molar-refractivity contribution is -0.384. The second-order valence-corrected chi connectivity index (χ2v) is 6.99. The van der Waals surface area contributed by atoms with Gasteiger partial charge in [0.2, 0.25) is 5.91 Å². The van der Waals surface area contributed by atoms with Crippen LogP contribution in [0.25, 0.3) is 0 Å². The van der Waals surface area contributed by atoms with Crippen molar-refractivity contribution in [1.29, 1.82) is 0 Å². The summed E-state index contributed by atoms with van der Waals surface area (Å²) in [6.07, 6.45) is 0. The molecule has 1 heterocycles. The quantitative estimate of drug-likeness (QED) is 0.607. The zero-order chi connectivity index (χ0) is 20.3. The van der Waals surface area contributed by atoms with Crippen LogP contribution in [0.5, 0.6) is 0 Å². The van der Waals surface area contributed by atoms with E-state index in [-0.39, 0.29) is 22.7 Å². The molecule has 0 bridgehead atoms. The van der Waals surface area contributed by atoms with Crippen LogP contribution in [0, 0.1) is 15.9 Å². The first-order valence-corrected chi connectivity index (χ1v) is 9.22. The number of benzene rings is 2. The number of carbonyl (C=O) groups is 1. The van der Waals surface area contributed by atoms with E-state index < -0.39 is 10.7 Å². The summed E-state index contributed by atoms with van der Waals surface area (Å²) in [7, 11) is 0. The molecule has 2 aromatic rings. The molecule has 148 valence electrons. The third-order valence-corrected chi connectivity index (χ3v) is 5.17. The Kier molecular flexibility index (Phi) is 6.11. The van der Waals surface area contributed by atoms with Crippen molar-refractivity contribution in [3.63, 3.8) is 0 Å². The second kappa shape index (κ2) is 8.53. The van der Waals surface area contributed by atoms with E-state index in [1.165, 1.54) is 24.3 Å². The molecule has 1 aliphatic rings. The van der Waals surface area contributed by atoms with Gasteiger partial charge in [0.15, 0.2) is 0 Å². The van der Waals surface area contributed by atoms with Gasteiger partial charge >= 0.3 is 0 Å². The molecule has 2 aromatic carbocycles. The Balaban J connectivity index is 1.56. The summed E-state index contributed by atoms with van der Waals surface area (Å²) in [5.74, 6) is -0.671. The van der Waals surface area contributed by atoms with Crippen molar-refractivity contribution in [3.8, 4) is 0 Å². The minimum atomic E-state index is -0.460. The van der Waals surface area contributed by atoms with E-state index in [2.05, 4.69) is 15.1 Å². The largest absolute Gasteiger partial charge is 0.369 e. The Morgan fingerprint density at radius 3 is 2.39 bits per heavy atom. The number of nitrogens with zero attached hydrogens (tertiary/aromatic N) is 3. The van der Waals surface area contributed by atoms with Gasteiger partial charge in [-0.25, -0.2) is 4.39 Å². The lowest BCUT2D eigenvalue weighted by Crippen LogP contribution is -2.52. The van der Waals surface area contributed by atoms with Crippen LogP contribution >= 0.6 is 11.6 Å². The highest BCUT2D eigenvalue weighted by Crippen LogP contribution is 2.24. The summed E-state index contributed by atoms with van der Waals surface area (Å²) in [4.78, 5) is 27.0. The predicted molar refractivity (Wildman–Crippen MR) is 106 cm³/mol. The Labute approximate surface area is 166 Å². The number of non-ortho nitro benzene ring substituents is 1. The van der Waals surface area contributed by atoms with Gasteiger partial charge in [0.25, 0.3) is 5.69 Å². The molecule has 0 aliphatic carbocycles. The highest BCUT2D eigenvalue weighted by Gasteiger charge is 2.26. The number of piperazine rings is 1. The van der Waals surface area contributed by atoms with E-state index in [9.17, 15) is 19.3 Å². The van der Waals surface area contributed by atoms with Crippen LogP contribution in [0.2, 0.25) is 5.02 Å². The molecular formula is C19H20ClFN4O3. The minimum Gasteiger partial charge on any atom is -0.369 e. The summed E-state index contributed by atoms with van der Waals surface area (Å²) in [6, 6.07) is 9.92. The van der Waals surface area contributed by atoms with Crippen LogP contribution in [0.4, 0.5) is 21.5 Å². The van der Waals surface area contributed by atoms with Crippen molar-refractivity contribution < 1.29 is 14.1 Å². The van der Waals surface area contributed by atoms with E-state index >= 15 is 0 Å². The van der Waals surface area contributed by atoms with Gasteiger partial charge in [-0.2, -0.15) is 0 Å². The van der Waals surface area contributed by atoms with Crippen molar-refractivity contribution in [1.82, 2.24) is 4.90 Å². The topological polar surface area (TPSA) is 78.7 Å². The lowest BCUT2D eigenvalue weighted by Gasteiger charge is -2.38. The molecule has 0 unspecified atom stereocenters. The van der Waals surface area contributed by atoms with Gasteiger partial charge in [0.1, 0.15) is 5.82 Å². The maximum atomic E-state index is 13.1. The van der Waals surface area contributed by atoms with Gasteiger partial charge in [-0.1, -0.05) is 11.6 Å². The third-order valence-electron chi connectivity index (χ3n) is 4.86. The Hall–Kier alpha value is -2.71. The van der Waals surface area contributed by atoms with Crippen LogP contribution in [0.3, 0.4) is 0 Å². The SMILES string of the molecule is C[C@@H](C(=O)Nc1ccc(F)cc1Cl)N1CCN(c2ccc([N+](=O)[O-])cc2)CC1. The number of amides is 1. The Morgan fingerprint density at radius 1 is 1.18 bits per heavy atom. The van der Waals surface area contributed by atoms with Crippen molar-refractivity contribution in [2.24, 2.45) is 0 Å². The standard InChI is InChI=1S/C19H20ClFN4O3/c1-13(19(26)22-18-7-2-14(21)12-17(18)20)23-8-10-24(11-9-23)15-3-5-16(6-4-15)25(27)28/h2-7,12-13H,8-11H2,1H3,(H,22,26)/t13-/m0/s1. The number of halogens is 2. The van der Waals surface area contributed by atoms with E-state index in [4.69, 9.17) is 11.6 Å². The van der Waals surface area contributed by atoms with Gasteiger partial charge in [0, 0.05) is 44.0 Å². The molecule has 0 saturated carbocycles. The van der Waals surface area contributed by atoms with Gasteiger partial charge in [-0.05, 0) is 37.3 Å². The molecule has 1 atom stereocenters. The Bertz CT molecular complexity index is 870. The second-order valence-electron chi connectivity index (χ2n) is 6.59. The lowest BCUT2D eigenvalue weighted by atomic mass is 10.2. The van der Waals surface area contributed by atoms with Gasteiger partial charge < -0.3 is 10.2 Å². The highest BCUT2D eigenvalue weighted by atomic mass is 35.5. The zero-order valence-electron chi connectivity index (χ0n) is 15.3. The van der Waals surface area contributed by atoms with E-state index in [1.54, 1.807) is 12.1 Å². The van der Waals surface area contributed by atoms with E-state index in [0.717, 1.165) is 11.8 Å². The molecule has 28 heavy (non-hydrogen) atoms.